The van der Waals surface area contributed by atoms with Crippen molar-refractivity contribution < 1.29 is 0 Å². The smallest absolute Gasteiger partial charge is 0.126 e. The Morgan fingerprint density at radius 1 is 1.28 bits per heavy atom. The molecule has 3 nitrogen and oxygen atoms in total. The second kappa shape index (κ2) is 4.56. The van der Waals surface area contributed by atoms with Crippen LogP contribution in [0.15, 0.2) is 18.2 Å². The summed E-state index contributed by atoms with van der Waals surface area (Å²) in [7, 11) is 0. The van der Waals surface area contributed by atoms with Gasteiger partial charge in [-0.1, -0.05) is 29.3 Å². The van der Waals surface area contributed by atoms with Crippen LogP contribution in [0, 0.1) is 25.2 Å². The molecule has 2 aromatic rings. The van der Waals surface area contributed by atoms with E-state index in [2.05, 4.69) is 6.07 Å². The molecule has 0 saturated carbocycles. The van der Waals surface area contributed by atoms with Crippen LogP contribution in [0.5, 0.6) is 0 Å². The van der Waals surface area contributed by atoms with Crippen molar-refractivity contribution in [3.8, 4) is 11.8 Å². The number of anilines is 1. The van der Waals surface area contributed by atoms with Crippen LogP contribution >= 0.6 is 23.2 Å². The van der Waals surface area contributed by atoms with Crippen LogP contribution in [0.4, 0.5) is 5.82 Å². The van der Waals surface area contributed by atoms with Gasteiger partial charge in [-0.15, -0.1) is 0 Å². The summed E-state index contributed by atoms with van der Waals surface area (Å²) in [6.45, 7) is 3.75. The van der Waals surface area contributed by atoms with E-state index in [4.69, 9.17) is 34.2 Å². The second-order valence-corrected chi connectivity index (χ2v) is 4.78. The van der Waals surface area contributed by atoms with Gasteiger partial charge in [-0.2, -0.15) is 5.26 Å². The molecule has 0 saturated heterocycles. The Balaban J connectivity index is 2.81. The number of hydrogen-bond acceptors (Lipinski definition) is 2. The molecule has 0 aliphatic carbocycles. The number of halogens is 2. The highest BCUT2D eigenvalue weighted by atomic mass is 35.5. The Morgan fingerprint density at radius 3 is 2.50 bits per heavy atom. The van der Waals surface area contributed by atoms with E-state index in [0.717, 1.165) is 11.3 Å². The Labute approximate surface area is 115 Å². The molecule has 0 bridgehead atoms. The van der Waals surface area contributed by atoms with E-state index >= 15 is 0 Å². The fraction of sp³-hybridized carbons (Fsp3) is 0.154. The van der Waals surface area contributed by atoms with Gasteiger partial charge in [0, 0.05) is 5.69 Å². The molecule has 18 heavy (non-hydrogen) atoms. The fourth-order valence-electron chi connectivity index (χ4n) is 1.95. The van der Waals surface area contributed by atoms with Crippen molar-refractivity contribution >= 4 is 29.0 Å². The zero-order valence-electron chi connectivity index (χ0n) is 9.96. The van der Waals surface area contributed by atoms with E-state index in [1.165, 1.54) is 0 Å². The number of nitrogens with two attached hydrogens (primary N) is 1. The summed E-state index contributed by atoms with van der Waals surface area (Å²) < 4.78 is 1.75. The molecule has 0 fully saturated rings. The minimum absolute atomic E-state index is 0.386. The molecule has 5 heteroatoms. The van der Waals surface area contributed by atoms with Crippen molar-refractivity contribution in [1.29, 1.82) is 5.26 Å². The number of rotatable bonds is 1. The standard InChI is InChI=1S/C13H11Cl2N3/c1-7-8(2)18(13(17)9(7)6-16)11-5-3-4-10(14)12(11)15/h3-5H,17H2,1-2H3. The van der Waals surface area contributed by atoms with E-state index in [0.29, 0.717) is 27.1 Å². The Hall–Kier alpha value is -1.63. The van der Waals surface area contributed by atoms with Crippen molar-refractivity contribution in [2.75, 3.05) is 5.73 Å². The molecular formula is C13H11Cl2N3. The lowest BCUT2D eigenvalue weighted by molar-refractivity contribution is 1.02. The number of hydrogen-bond donors (Lipinski definition) is 1. The zero-order valence-corrected chi connectivity index (χ0v) is 11.5. The van der Waals surface area contributed by atoms with Crippen LogP contribution in [0.25, 0.3) is 5.69 Å². The van der Waals surface area contributed by atoms with Gasteiger partial charge in [0.05, 0.1) is 21.3 Å². The molecule has 1 heterocycles. The van der Waals surface area contributed by atoms with Crippen LogP contribution < -0.4 is 5.73 Å². The van der Waals surface area contributed by atoms with Crippen molar-refractivity contribution in [1.82, 2.24) is 4.57 Å². The molecular weight excluding hydrogens is 269 g/mol. The maximum absolute atomic E-state index is 9.11. The lowest BCUT2D eigenvalue weighted by Gasteiger charge is -2.11. The molecule has 0 amide bonds. The van der Waals surface area contributed by atoms with Crippen LogP contribution in [0.1, 0.15) is 16.8 Å². The predicted octanol–water partition coefficient (Wildman–Crippen LogP) is 3.85. The molecule has 0 unspecified atom stereocenters. The highest BCUT2D eigenvalue weighted by Crippen LogP contribution is 2.34. The normalized spacial score (nSPS) is 10.4. The third-order valence-corrected chi connectivity index (χ3v) is 3.84. The molecule has 0 atom stereocenters. The van der Waals surface area contributed by atoms with Gasteiger partial charge >= 0.3 is 0 Å². The number of aromatic nitrogens is 1. The van der Waals surface area contributed by atoms with Crippen molar-refractivity contribution in [2.45, 2.75) is 13.8 Å². The zero-order chi connectivity index (χ0) is 13.4. The first-order valence-corrected chi connectivity index (χ1v) is 6.06. The average Bonchev–Trinajstić information content (AvgIpc) is 2.55. The van der Waals surface area contributed by atoms with Gasteiger partial charge in [0.25, 0.3) is 0 Å². The number of nitrogens with zero attached hydrogens (tertiary/aromatic N) is 2. The summed E-state index contributed by atoms with van der Waals surface area (Å²) in [6.07, 6.45) is 0. The molecule has 0 spiro atoms. The maximum atomic E-state index is 9.11. The summed E-state index contributed by atoms with van der Waals surface area (Å²) in [6, 6.07) is 7.43. The third-order valence-electron chi connectivity index (χ3n) is 3.03. The quantitative estimate of drug-likeness (QED) is 0.862. The summed E-state index contributed by atoms with van der Waals surface area (Å²) in [5.74, 6) is 0.386. The molecule has 0 aliphatic rings. The molecule has 1 aromatic heterocycles. The first kappa shape index (κ1) is 12.8. The van der Waals surface area contributed by atoms with Crippen LogP contribution in [0.3, 0.4) is 0 Å². The van der Waals surface area contributed by atoms with Gasteiger partial charge in [-0.25, -0.2) is 0 Å². The highest BCUT2D eigenvalue weighted by molar-refractivity contribution is 6.43. The van der Waals surface area contributed by atoms with Gasteiger partial charge in [-0.05, 0) is 31.5 Å². The van der Waals surface area contributed by atoms with Crippen LogP contribution in [-0.4, -0.2) is 4.57 Å². The fourth-order valence-corrected chi connectivity index (χ4v) is 2.33. The summed E-state index contributed by atoms with van der Waals surface area (Å²) in [5, 5.41) is 9.99. The minimum Gasteiger partial charge on any atom is -0.384 e. The largest absolute Gasteiger partial charge is 0.384 e. The Bertz CT molecular complexity index is 666. The van der Waals surface area contributed by atoms with E-state index in [-0.39, 0.29) is 0 Å². The van der Waals surface area contributed by atoms with Gasteiger partial charge in [0.2, 0.25) is 0 Å². The maximum Gasteiger partial charge on any atom is 0.126 e. The first-order chi connectivity index (χ1) is 8.49. The van der Waals surface area contributed by atoms with Gasteiger partial charge in [-0.3, -0.25) is 4.57 Å². The lowest BCUT2D eigenvalue weighted by Crippen LogP contribution is -2.03. The summed E-state index contributed by atoms with van der Waals surface area (Å²) in [4.78, 5) is 0. The summed E-state index contributed by atoms with van der Waals surface area (Å²) in [5.41, 5.74) is 8.90. The monoisotopic (exact) mass is 279 g/mol. The number of nitrogen functional groups attached to an aromatic ring is 1. The van der Waals surface area contributed by atoms with Gasteiger partial charge in [0.1, 0.15) is 11.9 Å². The molecule has 0 aliphatic heterocycles. The average molecular weight is 280 g/mol. The number of benzene rings is 1. The van der Waals surface area contributed by atoms with E-state index in [1.807, 2.05) is 19.9 Å². The van der Waals surface area contributed by atoms with E-state index in [9.17, 15) is 0 Å². The van der Waals surface area contributed by atoms with Crippen molar-refractivity contribution in [3.63, 3.8) is 0 Å². The SMILES string of the molecule is Cc1c(C#N)c(N)n(-c2cccc(Cl)c2Cl)c1C. The lowest BCUT2D eigenvalue weighted by atomic mass is 10.2. The third kappa shape index (κ3) is 1.74. The van der Waals surface area contributed by atoms with Crippen molar-refractivity contribution in [3.05, 3.63) is 45.1 Å². The van der Waals surface area contributed by atoms with Gasteiger partial charge in [0.15, 0.2) is 0 Å². The summed E-state index contributed by atoms with van der Waals surface area (Å²) >= 11 is 12.2. The van der Waals surface area contributed by atoms with Crippen molar-refractivity contribution in [2.24, 2.45) is 0 Å². The van der Waals surface area contributed by atoms with Gasteiger partial charge < -0.3 is 5.73 Å². The van der Waals surface area contributed by atoms with E-state index < -0.39 is 0 Å². The topological polar surface area (TPSA) is 54.7 Å². The number of nitriles is 1. The predicted molar refractivity (Wildman–Crippen MR) is 74.4 cm³/mol. The highest BCUT2D eigenvalue weighted by Gasteiger charge is 2.18. The van der Waals surface area contributed by atoms with Crippen LogP contribution in [-0.2, 0) is 0 Å². The molecule has 0 radical (unpaired) electrons. The molecule has 2 N–H and O–H groups in total. The van der Waals surface area contributed by atoms with E-state index in [1.54, 1.807) is 16.7 Å². The second-order valence-electron chi connectivity index (χ2n) is 3.99. The Kier molecular flexibility index (Phi) is 3.25. The van der Waals surface area contributed by atoms with Crippen LogP contribution in [0.2, 0.25) is 10.0 Å². The molecule has 2 rings (SSSR count). The first-order valence-electron chi connectivity index (χ1n) is 5.31. The molecule has 92 valence electrons. The minimum atomic E-state index is 0.386. The Morgan fingerprint density at radius 2 is 1.94 bits per heavy atom. The molecule has 1 aromatic carbocycles.